The van der Waals surface area contributed by atoms with Crippen molar-refractivity contribution in [3.63, 3.8) is 0 Å². The van der Waals surface area contributed by atoms with E-state index in [2.05, 4.69) is 32.0 Å². The predicted molar refractivity (Wildman–Crippen MR) is 31.6 cm³/mol. The van der Waals surface area contributed by atoms with Gasteiger partial charge in [-0.1, -0.05) is 0 Å². The molecule has 2 nitrogen and oxygen atoms in total. The molecule has 0 aliphatic rings. The van der Waals surface area contributed by atoms with Gasteiger partial charge in [0, 0.05) is 0 Å². The fourth-order valence-corrected chi connectivity index (χ4v) is 1.21. The van der Waals surface area contributed by atoms with Gasteiger partial charge in [-0.15, -0.1) is 0 Å². The van der Waals surface area contributed by atoms with Gasteiger partial charge < -0.3 is 0 Å². The molecule has 0 aromatic rings. The van der Waals surface area contributed by atoms with E-state index in [1.54, 1.807) is 0 Å². The molecule has 0 fully saturated rings. The van der Waals surface area contributed by atoms with Crippen molar-refractivity contribution in [2.24, 2.45) is 0 Å². The molecular weight excluding hydrogens is 222 g/mol. The second-order valence-electron chi connectivity index (χ2n) is 1.02. The molecular formula is C3H4N2Se2. The quantitative estimate of drug-likeness (QED) is 0.478. The summed E-state index contributed by atoms with van der Waals surface area (Å²) in [5.74, 6) is 0. The van der Waals surface area contributed by atoms with Crippen molar-refractivity contribution in [3.05, 3.63) is 0 Å². The Balaban J connectivity index is 3.32. The van der Waals surface area contributed by atoms with E-state index in [0.29, 0.717) is 15.6 Å². The van der Waals surface area contributed by atoms with E-state index in [0.717, 1.165) is 0 Å². The molecule has 0 rings (SSSR count). The number of hydrogen-bond acceptors (Lipinski definition) is 2. The van der Waals surface area contributed by atoms with Gasteiger partial charge in [-0.05, 0) is 0 Å². The molecule has 4 heteroatoms. The summed E-state index contributed by atoms with van der Waals surface area (Å²) in [7, 11) is 0. The summed E-state index contributed by atoms with van der Waals surface area (Å²) in [6.07, 6.45) is 0.417. The van der Waals surface area contributed by atoms with E-state index in [9.17, 15) is 0 Å². The van der Waals surface area contributed by atoms with Crippen molar-refractivity contribution < 1.29 is 0 Å². The van der Waals surface area contributed by atoms with Gasteiger partial charge >= 0.3 is 58.5 Å². The fourth-order valence-electron chi connectivity index (χ4n) is 0.146. The van der Waals surface area contributed by atoms with E-state index in [-0.39, 0.29) is 0 Å². The van der Waals surface area contributed by atoms with Crippen molar-refractivity contribution in [3.8, 4) is 0 Å². The van der Waals surface area contributed by atoms with Gasteiger partial charge in [0.2, 0.25) is 0 Å². The first-order valence-corrected chi connectivity index (χ1v) is 3.33. The molecule has 0 atom stereocenters. The molecule has 0 saturated heterocycles. The summed E-state index contributed by atoms with van der Waals surface area (Å²) in [5, 5.41) is 13.6. The van der Waals surface area contributed by atoms with Crippen LogP contribution in [0.5, 0.6) is 0 Å². The third-order valence-electron chi connectivity index (χ3n) is 0.321. The SMILES string of the molecule is N=C([Se])CC(=N)[Se]. The first kappa shape index (κ1) is 7.38. The summed E-state index contributed by atoms with van der Waals surface area (Å²) in [6, 6.07) is 0. The molecule has 0 aromatic carbocycles. The van der Waals surface area contributed by atoms with Crippen LogP contribution in [0, 0.1) is 10.8 Å². The molecule has 0 aliphatic carbocycles. The van der Waals surface area contributed by atoms with Crippen LogP contribution in [0.4, 0.5) is 0 Å². The standard InChI is InChI=1S/C3H4N2Se2/c4-2(6)1-3(5)7/h4-5H,1H2. The molecule has 7 heavy (non-hydrogen) atoms. The molecule has 38 valence electrons. The Hall–Kier alpha value is 0.379. The monoisotopic (exact) mass is 228 g/mol. The van der Waals surface area contributed by atoms with Gasteiger partial charge in [0.05, 0.1) is 0 Å². The Kier molecular flexibility index (Phi) is 3.57. The predicted octanol–water partition coefficient (Wildman–Crippen LogP) is -0.332. The summed E-state index contributed by atoms with van der Waals surface area (Å²) < 4.78 is 0.813. The van der Waals surface area contributed by atoms with Crippen LogP contribution in [0.15, 0.2) is 0 Å². The van der Waals surface area contributed by atoms with Crippen LogP contribution in [0.2, 0.25) is 0 Å². The van der Waals surface area contributed by atoms with Crippen molar-refractivity contribution in [2.45, 2.75) is 6.42 Å². The van der Waals surface area contributed by atoms with E-state index >= 15 is 0 Å². The zero-order valence-corrected chi connectivity index (χ0v) is 6.95. The second-order valence-corrected chi connectivity index (χ2v) is 3.09. The molecule has 0 spiro atoms. The summed E-state index contributed by atoms with van der Waals surface area (Å²) in [4.78, 5) is 0. The number of nitrogens with one attached hydrogen (secondary N) is 2. The molecule has 0 bridgehead atoms. The third kappa shape index (κ3) is 6.38. The zero-order chi connectivity index (χ0) is 5.86. The van der Waals surface area contributed by atoms with E-state index in [1.807, 2.05) is 0 Å². The Morgan fingerprint density at radius 2 is 1.43 bits per heavy atom. The molecule has 0 aliphatic heterocycles. The van der Waals surface area contributed by atoms with Crippen LogP contribution in [0.1, 0.15) is 6.42 Å². The minimum absolute atomic E-state index is 0.406. The Bertz CT molecular complexity index is 87.1. The van der Waals surface area contributed by atoms with Crippen LogP contribution in [-0.2, 0) is 0 Å². The van der Waals surface area contributed by atoms with Gasteiger partial charge in [-0.3, -0.25) is 0 Å². The van der Waals surface area contributed by atoms with Gasteiger partial charge in [0.25, 0.3) is 0 Å². The van der Waals surface area contributed by atoms with Crippen LogP contribution < -0.4 is 0 Å². The average Bonchev–Trinajstić information content (AvgIpc) is 1.27. The Morgan fingerprint density at radius 3 is 1.43 bits per heavy atom. The molecule has 0 heterocycles. The van der Waals surface area contributed by atoms with Crippen molar-refractivity contribution in [1.82, 2.24) is 0 Å². The minimum atomic E-state index is 0.406. The van der Waals surface area contributed by atoms with Crippen LogP contribution in [-0.4, -0.2) is 41.2 Å². The fraction of sp³-hybridized carbons (Fsp3) is 0.333. The first-order chi connectivity index (χ1) is 3.13. The zero-order valence-electron chi connectivity index (χ0n) is 3.52. The molecule has 0 saturated carbocycles. The maximum absolute atomic E-state index is 6.81. The maximum atomic E-state index is 6.81. The summed E-state index contributed by atoms with van der Waals surface area (Å²) >= 11 is 4.99. The number of rotatable bonds is 2. The Labute approximate surface area is 58.7 Å². The van der Waals surface area contributed by atoms with Crippen molar-refractivity contribution in [2.75, 3.05) is 0 Å². The second kappa shape index (κ2) is 3.39. The number of hydrogen-bond donors (Lipinski definition) is 2. The van der Waals surface area contributed by atoms with Gasteiger partial charge in [0.15, 0.2) is 0 Å². The average molecular weight is 226 g/mol. The van der Waals surface area contributed by atoms with E-state index < -0.39 is 0 Å². The van der Waals surface area contributed by atoms with E-state index in [1.165, 1.54) is 0 Å². The van der Waals surface area contributed by atoms with Crippen molar-refractivity contribution in [1.29, 1.82) is 10.8 Å². The Morgan fingerprint density at radius 1 is 1.14 bits per heavy atom. The van der Waals surface area contributed by atoms with E-state index in [4.69, 9.17) is 10.8 Å². The van der Waals surface area contributed by atoms with Gasteiger partial charge in [-0.25, -0.2) is 0 Å². The summed E-state index contributed by atoms with van der Waals surface area (Å²) in [6.45, 7) is 0. The van der Waals surface area contributed by atoms with Crippen LogP contribution >= 0.6 is 0 Å². The normalized spacial score (nSPS) is 8.00. The molecule has 2 radical (unpaired) electrons. The molecule has 0 aromatic heterocycles. The van der Waals surface area contributed by atoms with Crippen LogP contribution in [0.3, 0.4) is 0 Å². The van der Waals surface area contributed by atoms with Gasteiger partial charge in [-0.2, -0.15) is 0 Å². The first-order valence-electron chi connectivity index (χ1n) is 1.62. The van der Waals surface area contributed by atoms with Crippen molar-refractivity contribution >= 4 is 41.2 Å². The van der Waals surface area contributed by atoms with Gasteiger partial charge in [0.1, 0.15) is 0 Å². The molecule has 0 amide bonds. The van der Waals surface area contributed by atoms with Crippen LogP contribution in [0.25, 0.3) is 0 Å². The summed E-state index contributed by atoms with van der Waals surface area (Å²) in [5.41, 5.74) is 0. The topological polar surface area (TPSA) is 47.7 Å². The molecule has 0 unspecified atom stereocenters. The third-order valence-corrected chi connectivity index (χ3v) is 0.927. The molecule has 2 N–H and O–H groups in total.